The number of ether oxygens (including phenoxy) is 1. The van der Waals surface area contributed by atoms with Gasteiger partial charge in [0, 0.05) is 32.4 Å². The van der Waals surface area contributed by atoms with Crippen LogP contribution in [0.1, 0.15) is 10.4 Å². The summed E-state index contributed by atoms with van der Waals surface area (Å²) in [5.74, 6) is 0.584. The van der Waals surface area contributed by atoms with Crippen LogP contribution in [0, 0.1) is 5.82 Å². The van der Waals surface area contributed by atoms with Gasteiger partial charge in [0.05, 0.1) is 16.4 Å². The zero-order chi connectivity index (χ0) is 21.8. The first-order valence-electron chi connectivity index (χ1n) is 9.78. The van der Waals surface area contributed by atoms with Crippen molar-refractivity contribution in [2.24, 2.45) is 0 Å². The van der Waals surface area contributed by atoms with Crippen molar-refractivity contribution in [3.8, 4) is 11.6 Å². The summed E-state index contributed by atoms with van der Waals surface area (Å²) in [4.78, 5) is 26.0. The topological polar surface area (TPSA) is 70.6 Å². The molecule has 3 aromatic rings. The minimum absolute atomic E-state index is 0.120. The van der Waals surface area contributed by atoms with E-state index in [0.717, 1.165) is 32.0 Å². The molecule has 0 radical (unpaired) electrons. The summed E-state index contributed by atoms with van der Waals surface area (Å²) in [6.45, 7) is 3.83. The van der Waals surface area contributed by atoms with E-state index in [0.29, 0.717) is 15.9 Å². The van der Waals surface area contributed by atoms with Gasteiger partial charge in [-0.25, -0.2) is 14.4 Å². The molecule has 2 aromatic heterocycles. The lowest BCUT2D eigenvalue weighted by Gasteiger charge is -2.33. The van der Waals surface area contributed by atoms with Gasteiger partial charge in [-0.05, 0) is 65.4 Å². The number of rotatable bonds is 5. The van der Waals surface area contributed by atoms with Crippen molar-refractivity contribution in [2.45, 2.75) is 0 Å². The summed E-state index contributed by atoms with van der Waals surface area (Å²) >= 11 is 3.25. The summed E-state index contributed by atoms with van der Waals surface area (Å²) in [5, 5.41) is 2.83. The lowest BCUT2D eigenvalue weighted by Crippen LogP contribution is -2.44. The molecule has 0 saturated carbocycles. The molecule has 0 unspecified atom stereocenters. The quantitative estimate of drug-likeness (QED) is 0.584. The molecule has 1 saturated heterocycles. The molecule has 9 heteroatoms. The average Bonchev–Trinajstić information content (AvgIpc) is 2.77. The van der Waals surface area contributed by atoms with Crippen molar-refractivity contribution >= 4 is 33.3 Å². The molecule has 4 rings (SSSR count). The van der Waals surface area contributed by atoms with E-state index in [1.165, 1.54) is 24.4 Å². The fourth-order valence-corrected chi connectivity index (χ4v) is 3.62. The number of aromatic nitrogens is 2. The largest absolute Gasteiger partial charge is 0.437 e. The van der Waals surface area contributed by atoms with Gasteiger partial charge in [0.15, 0.2) is 0 Å². The zero-order valence-corrected chi connectivity index (χ0v) is 18.5. The Balaban J connectivity index is 1.46. The van der Waals surface area contributed by atoms with Crippen molar-refractivity contribution in [1.29, 1.82) is 0 Å². The number of amides is 1. The number of carbonyl (C=O) groups excluding carboxylic acids is 1. The maximum absolute atomic E-state index is 13.3. The van der Waals surface area contributed by atoms with Crippen LogP contribution >= 0.6 is 15.9 Å². The van der Waals surface area contributed by atoms with Crippen molar-refractivity contribution in [2.75, 3.05) is 43.4 Å². The summed E-state index contributed by atoms with van der Waals surface area (Å²) in [5.41, 5.74) is 0.822. The molecular formula is C22H21BrFN5O2. The SMILES string of the molecule is CN1CCN(c2ccc(NC(=O)c3cccnc3Oc3ccc(F)cc3Br)cn2)CC1. The van der Waals surface area contributed by atoms with Gasteiger partial charge in [-0.15, -0.1) is 0 Å². The van der Waals surface area contributed by atoms with E-state index in [4.69, 9.17) is 4.74 Å². The van der Waals surface area contributed by atoms with Gasteiger partial charge < -0.3 is 19.9 Å². The number of hydrogen-bond donors (Lipinski definition) is 1. The van der Waals surface area contributed by atoms with E-state index in [-0.39, 0.29) is 17.4 Å². The third-order valence-corrected chi connectivity index (χ3v) is 5.57. The van der Waals surface area contributed by atoms with Crippen LogP contribution in [0.4, 0.5) is 15.9 Å². The molecule has 0 bridgehead atoms. The third kappa shape index (κ3) is 5.18. The lowest BCUT2D eigenvalue weighted by molar-refractivity contribution is 0.102. The molecule has 31 heavy (non-hydrogen) atoms. The molecule has 1 aromatic carbocycles. The number of benzene rings is 1. The number of nitrogens with zero attached hydrogens (tertiary/aromatic N) is 4. The van der Waals surface area contributed by atoms with Gasteiger partial charge in [-0.2, -0.15) is 0 Å². The Labute approximate surface area is 188 Å². The molecule has 7 nitrogen and oxygen atoms in total. The van der Waals surface area contributed by atoms with Gasteiger partial charge in [0.2, 0.25) is 5.88 Å². The standard InChI is InChI=1S/C22H21BrFN5O2/c1-28-9-11-29(12-10-28)20-7-5-16(14-26-20)27-21(30)17-3-2-8-25-22(17)31-19-6-4-15(24)13-18(19)23/h2-8,13-14H,9-12H2,1H3,(H,27,30). The molecule has 1 fully saturated rings. The number of halogens is 2. The molecule has 1 amide bonds. The molecular weight excluding hydrogens is 465 g/mol. The number of piperazine rings is 1. The van der Waals surface area contributed by atoms with E-state index in [9.17, 15) is 9.18 Å². The van der Waals surface area contributed by atoms with E-state index in [2.05, 4.69) is 48.1 Å². The van der Waals surface area contributed by atoms with Crippen LogP contribution in [-0.4, -0.2) is 54.0 Å². The monoisotopic (exact) mass is 485 g/mol. The summed E-state index contributed by atoms with van der Waals surface area (Å²) in [6.07, 6.45) is 3.16. The Hall–Kier alpha value is -3.04. The van der Waals surface area contributed by atoms with Gasteiger partial charge in [0.25, 0.3) is 5.91 Å². The Kier molecular flexibility index (Phi) is 6.43. The highest BCUT2D eigenvalue weighted by Crippen LogP contribution is 2.31. The molecule has 0 aliphatic carbocycles. The normalized spacial score (nSPS) is 14.4. The Morgan fingerprint density at radius 2 is 1.94 bits per heavy atom. The smallest absolute Gasteiger partial charge is 0.261 e. The third-order valence-electron chi connectivity index (χ3n) is 4.95. The number of carbonyl (C=O) groups is 1. The highest BCUT2D eigenvalue weighted by Gasteiger charge is 2.18. The van der Waals surface area contributed by atoms with E-state index >= 15 is 0 Å². The van der Waals surface area contributed by atoms with Crippen LogP contribution in [0.3, 0.4) is 0 Å². The molecule has 3 heterocycles. The minimum atomic E-state index is -0.397. The lowest BCUT2D eigenvalue weighted by atomic mass is 10.2. The maximum atomic E-state index is 13.3. The van der Waals surface area contributed by atoms with Crippen LogP contribution in [0.2, 0.25) is 0 Å². The van der Waals surface area contributed by atoms with Crippen molar-refractivity contribution in [3.05, 3.63) is 70.7 Å². The van der Waals surface area contributed by atoms with Crippen LogP contribution in [0.5, 0.6) is 11.6 Å². The Morgan fingerprint density at radius 1 is 1.13 bits per heavy atom. The first-order chi connectivity index (χ1) is 15.0. The van der Waals surface area contributed by atoms with Crippen molar-refractivity contribution in [1.82, 2.24) is 14.9 Å². The van der Waals surface area contributed by atoms with Crippen LogP contribution in [0.15, 0.2) is 59.3 Å². The second kappa shape index (κ2) is 9.40. The fraction of sp³-hybridized carbons (Fsp3) is 0.227. The van der Waals surface area contributed by atoms with E-state index in [1.807, 2.05) is 12.1 Å². The van der Waals surface area contributed by atoms with Gasteiger partial charge in [0.1, 0.15) is 22.9 Å². The summed E-state index contributed by atoms with van der Waals surface area (Å²) in [6, 6.07) is 11.0. The number of nitrogens with one attached hydrogen (secondary N) is 1. The first-order valence-corrected chi connectivity index (χ1v) is 10.6. The van der Waals surface area contributed by atoms with E-state index in [1.54, 1.807) is 18.3 Å². The minimum Gasteiger partial charge on any atom is -0.437 e. The number of hydrogen-bond acceptors (Lipinski definition) is 6. The molecule has 1 aliphatic rings. The summed E-state index contributed by atoms with van der Waals surface area (Å²) < 4.78 is 19.5. The highest BCUT2D eigenvalue weighted by molar-refractivity contribution is 9.10. The second-order valence-corrected chi connectivity index (χ2v) is 8.04. The molecule has 0 atom stereocenters. The van der Waals surface area contributed by atoms with Gasteiger partial charge in [-0.1, -0.05) is 0 Å². The average molecular weight is 486 g/mol. The zero-order valence-electron chi connectivity index (χ0n) is 16.9. The molecule has 160 valence electrons. The Morgan fingerprint density at radius 3 is 2.65 bits per heavy atom. The van der Waals surface area contributed by atoms with E-state index < -0.39 is 5.82 Å². The predicted molar refractivity (Wildman–Crippen MR) is 120 cm³/mol. The summed E-state index contributed by atoms with van der Waals surface area (Å²) in [7, 11) is 2.11. The van der Waals surface area contributed by atoms with Gasteiger partial charge in [-0.3, -0.25) is 4.79 Å². The number of pyridine rings is 2. The second-order valence-electron chi connectivity index (χ2n) is 7.18. The van der Waals surface area contributed by atoms with Crippen LogP contribution < -0.4 is 15.0 Å². The number of anilines is 2. The Bertz CT molecular complexity index is 1070. The number of likely N-dealkylation sites (N-methyl/N-ethyl adjacent to an activating group) is 1. The molecule has 1 N–H and O–H groups in total. The van der Waals surface area contributed by atoms with Crippen LogP contribution in [-0.2, 0) is 0 Å². The highest BCUT2D eigenvalue weighted by atomic mass is 79.9. The van der Waals surface area contributed by atoms with Crippen molar-refractivity contribution < 1.29 is 13.9 Å². The molecule has 0 spiro atoms. The molecule has 1 aliphatic heterocycles. The first kappa shape index (κ1) is 21.2. The van der Waals surface area contributed by atoms with Crippen LogP contribution in [0.25, 0.3) is 0 Å². The fourth-order valence-electron chi connectivity index (χ4n) is 3.19. The van der Waals surface area contributed by atoms with Crippen molar-refractivity contribution in [3.63, 3.8) is 0 Å². The predicted octanol–water partition coefficient (Wildman–Crippen LogP) is 4.17. The van der Waals surface area contributed by atoms with Gasteiger partial charge >= 0.3 is 0 Å². The maximum Gasteiger partial charge on any atom is 0.261 e.